The number of benzene rings is 1. The summed E-state index contributed by atoms with van der Waals surface area (Å²) in [6.07, 6.45) is 7.73. The van der Waals surface area contributed by atoms with Crippen molar-refractivity contribution in [3.8, 4) is 0 Å². The van der Waals surface area contributed by atoms with Crippen LogP contribution in [0.5, 0.6) is 0 Å². The van der Waals surface area contributed by atoms with Gasteiger partial charge in [-0.05, 0) is 43.6 Å². The third kappa shape index (κ3) is 4.40. The largest absolute Gasteiger partial charge is 0.327 e. The molecule has 0 saturated heterocycles. The molecule has 1 fully saturated rings. The van der Waals surface area contributed by atoms with Crippen LogP contribution in [0.25, 0.3) is 0 Å². The molecule has 0 radical (unpaired) electrons. The quantitative estimate of drug-likeness (QED) is 0.655. The van der Waals surface area contributed by atoms with E-state index < -0.39 is 0 Å². The van der Waals surface area contributed by atoms with E-state index in [9.17, 15) is 4.57 Å². The first-order valence-electron chi connectivity index (χ1n) is 7.34. The molecule has 1 aliphatic rings. The van der Waals surface area contributed by atoms with E-state index in [4.69, 9.17) is 4.52 Å². The van der Waals surface area contributed by atoms with Crippen LogP contribution in [-0.2, 0) is 9.09 Å². The Balaban J connectivity index is 2.10. The van der Waals surface area contributed by atoms with Crippen molar-refractivity contribution in [2.24, 2.45) is 5.92 Å². The fourth-order valence-electron chi connectivity index (χ4n) is 3.31. The highest BCUT2D eigenvalue weighted by Gasteiger charge is 2.26. The molecule has 0 N–H and O–H groups in total. The molecule has 0 spiro atoms. The van der Waals surface area contributed by atoms with Crippen molar-refractivity contribution in [2.75, 3.05) is 0 Å². The maximum absolute atomic E-state index is 10.6. The third-order valence-electron chi connectivity index (χ3n) is 4.26. The Bertz CT molecular complexity index is 374. The molecule has 1 aromatic rings. The molecular formula is C16H23O2P. The van der Waals surface area contributed by atoms with Gasteiger partial charge in [0.15, 0.2) is 0 Å². The summed E-state index contributed by atoms with van der Waals surface area (Å²) in [4.78, 5) is 0. The van der Waals surface area contributed by atoms with Crippen LogP contribution < -0.4 is 0 Å². The van der Waals surface area contributed by atoms with Crippen molar-refractivity contribution in [3.05, 3.63) is 35.9 Å². The van der Waals surface area contributed by atoms with Crippen molar-refractivity contribution >= 4 is 8.69 Å². The van der Waals surface area contributed by atoms with Crippen LogP contribution in [0, 0.1) is 5.92 Å². The minimum atomic E-state index is -0.201. The van der Waals surface area contributed by atoms with Gasteiger partial charge in [0.25, 0.3) is 0 Å². The normalized spacial score (nSPS) is 20.3. The number of rotatable bonds is 6. The summed E-state index contributed by atoms with van der Waals surface area (Å²) in [5, 5.41) is 0. The summed E-state index contributed by atoms with van der Waals surface area (Å²) < 4.78 is 15.8. The van der Waals surface area contributed by atoms with Gasteiger partial charge in [0.1, 0.15) is 0 Å². The minimum absolute atomic E-state index is 0.0475. The van der Waals surface area contributed by atoms with Crippen LogP contribution in [0.1, 0.15) is 56.9 Å². The molecule has 1 saturated carbocycles. The van der Waals surface area contributed by atoms with E-state index in [1.165, 1.54) is 37.7 Å². The molecule has 2 rings (SSSR count). The van der Waals surface area contributed by atoms with Gasteiger partial charge >= 0.3 is 8.69 Å². The van der Waals surface area contributed by atoms with Crippen molar-refractivity contribution < 1.29 is 9.09 Å². The maximum Gasteiger partial charge on any atom is 0.327 e. The second-order valence-electron chi connectivity index (χ2n) is 5.64. The van der Waals surface area contributed by atoms with Gasteiger partial charge in [0.05, 0.1) is 6.10 Å². The van der Waals surface area contributed by atoms with Gasteiger partial charge < -0.3 is 0 Å². The van der Waals surface area contributed by atoms with Crippen molar-refractivity contribution in [1.29, 1.82) is 0 Å². The Hall–Kier alpha value is -0.720. The molecule has 1 aromatic carbocycles. The molecule has 2 unspecified atom stereocenters. The van der Waals surface area contributed by atoms with Gasteiger partial charge in [-0.2, -0.15) is 0 Å². The molecule has 0 heterocycles. The van der Waals surface area contributed by atoms with Crippen LogP contribution in [0.15, 0.2) is 30.3 Å². The van der Waals surface area contributed by atoms with Gasteiger partial charge in [-0.3, -0.25) is 4.52 Å². The maximum atomic E-state index is 10.6. The lowest BCUT2D eigenvalue weighted by Crippen LogP contribution is -2.20. The monoisotopic (exact) mass is 278 g/mol. The van der Waals surface area contributed by atoms with Crippen LogP contribution in [0.3, 0.4) is 0 Å². The van der Waals surface area contributed by atoms with E-state index in [1.54, 1.807) is 0 Å². The van der Waals surface area contributed by atoms with E-state index in [1.807, 2.05) is 6.92 Å². The van der Waals surface area contributed by atoms with E-state index in [0.29, 0.717) is 5.92 Å². The van der Waals surface area contributed by atoms with Crippen LogP contribution in [-0.4, -0.2) is 6.10 Å². The molecular weight excluding hydrogens is 255 g/mol. The standard InChI is InChI=1S/C16H23O2P/c1-13(18-19-17)12-16(14-8-4-2-5-9-14)15-10-6-3-7-11-15/h2,4-5,8-9,13,15-16H,3,6-7,10-12H2,1H3. The summed E-state index contributed by atoms with van der Waals surface area (Å²) in [6, 6.07) is 10.7. The lowest BCUT2D eigenvalue weighted by molar-refractivity contribution is 0.189. The Morgan fingerprint density at radius 3 is 2.53 bits per heavy atom. The summed E-state index contributed by atoms with van der Waals surface area (Å²) in [5.74, 6) is 1.30. The first-order chi connectivity index (χ1) is 9.31. The van der Waals surface area contributed by atoms with Gasteiger partial charge in [-0.1, -0.05) is 49.6 Å². The zero-order chi connectivity index (χ0) is 13.5. The first-order valence-corrected chi connectivity index (χ1v) is 8.07. The zero-order valence-electron chi connectivity index (χ0n) is 11.6. The van der Waals surface area contributed by atoms with Crippen LogP contribution >= 0.6 is 8.69 Å². The van der Waals surface area contributed by atoms with Gasteiger partial charge in [-0.15, -0.1) is 0 Å². The summed E-state index contributed by atoms with van der Waals surface area (Å²) in [7, 11) is -0.201. The van der Waals surface area contributed by atoms with Crippen molar-refractivity contribution in [2.45, 2.75) is 57.5 Å². The first kappa shape index (κ1) is 14.7. The topological polar surface area (TPSA) is 26.3 Å². The van der Waals surface area contributed by atoms with Gasteiger partial charge in [0.2, 0.25) is 0 Å². The lowest BCUT2D eigenvalue weighted by atomic mass is 9.74. The second-order valence-corrected chi connectivity index (χ2v) is 6.00. The second kappa shape index (κ2) is 7.77. The smallest absolute Gasteiger partial charge is 0.291 e. The molecule has 0 amide bonds. The fourth-order valence-corrected chi connectivity index (χ4v) is 3.54. The average molecular weight is 278 g/mol. The predicted molar refractivity (Wildman–Crippen MR) is 78.5 cm³/mol. The Morgan fingerprint density at radius 2 is 1.89 bits per heavy atom. The van der Waals surface area contributed by atoms with Crippen LogP contribution in [0.4, 0.5) is 0 Å². The molecule has 1 aliphatic carbocycles. The fraction of sp³-hybridized carbons (Fsp3) is 0.625. The molecule has 0 aromatic heterocycles. The van der Waals surface area contributed by atoms with Crippen molar-refractivity contribution in [1.82, 2.24) is 0 Å². The highest BCUT2D eigenvalue weighted by molar-refractivity contribution is 7.17. The van der Waals surface area contributed by atoms with E-state index in [0.717, 1.165) is 12.3 Å². The van der Waals surface area contributed by atoms with Crippen LogP contribution in [0.2, 0.25) is 0 Å². The molecule has 19 heavy (non-hydrogen) atoms. The molecule has 104 valence electrons. The highest BCUT2D eigenvalue weighted by Crippen LogP contribution is 2.39. The van der Waals surface area contributed by atoms with Crippen molar-refractivity contribution in [3.63, 3.8) is 0 Å². The molecule has 3 heteroatoms. The van der Waals surface area contributed by atoms with E-state index in [-0.39, 0.29) is 14.8 Å². The molecule has 2 nitrogen and oxygen atoms in total. The Morgan fingerprint density at radius 1 is 1.21 bits per heavy atom. The van der Waals surface area contributed by atoms with E-state index in [2.05, 4.69) is 30.3 Å². The Labute approximate surface area is 117 Å². The molecule has 0 bridgehead atoms. The van der Waals surface area contributed by atoms with E-state index >= 15 is 0 Å². The van der Waals surface area contributed by atoms with Gasteiger partial charge in [-0.25, -0.2) is 4.57 Å². The number of hydrogen-bond donors (Lipinski definition) is 0. The lowest BCUT2D eigenvalue weighted by Gasteiger charge is -2.32. The summed E-state index contributed by atoms with van der Waals surface area (Å²) >= 11 is 0. The Kier molecular flexibility index (Phi) is 6.00. The summed E-state index contributed by atoms with van der Waals surface area (Å²) in [5.41, 5.74) is 1.41. The molecule has 2 atom stereocenters. The number of hydrogen-bond acceptors (Lipinski definition) is 2. The predicted octanol–water partition coefficient (Wildman–Crippen LogP) is 5.35. The third-order valence-corrected chi connectivity index (χ3v) is 4.70. The average Bonchev–Trinajstić information content (AvgIpc) is 2.47. The summed E-state index contributed by atoms with van der Waals surface area (Å²) in [6.45, 7) is 2.02. The zero-order valence-corrected chi connectivity index (χ0v) is 12.5. The SMILES string of the molecule is CC(CC(c1ccccc1)C1CCCCC1)OP=O. The van der Waals surface area contributed by atoms with Gasteiger partial charge in [0, 0.05) is 0 Å². The minimum Gasteiger partial charge on any atom is -0.291 e. The highest BCUT2D eigenvalue weighted by atomic mass is 31.1. The molecule has 0 aliphatic heterocycles.